The predicted molar refractivity (Wildman–Crippen MR) is 243 cm³/mol. The van der Waals surface area contributed by atoms with Crippen molar-refractivity contribution in [1.82, 2.24) is 0 Å². The fourth-order valence-electron chi connectivity index (χ4n) is 7.47. The fourth-order valence-corrected chi connectivity index (χ4v) is 8.16. The molecule has 6 atom stereocenters. The Morgan fingerprint density at radius 2 is 0.984 bits per heavy atom. The van der Waals surface area contributed by atoms with Gasteiger partial charge in [0.05, 0.1) is 6.61 Å². The Bertz CT molecular complexity index is 1220. The molecular formula is C48H88O12S. The van der Waals surface area contributed by atoms with Crippen molar-refractivity contribution < 1.29 is 56.8 Å². The molecule has 358 valence electrons. The van der Waals surface area contributed by atoms with E-state index in [9.17, 15) is 37.9 Å². The number of allylic oxidation sites excluding steroid dienone is 4. The maximum atomic E-state index is 12.8. The number of esters is 2. The highest BCUT2D eigenvalue weighted by Crippen LogP contribution is 2.24. The van der Waals surface area contributed by atoms with Crippen LogP contribution < -0.4 is 0 Å². The number of hydrogen-bond donors (Lipinski definition) is 4. The Morgan fingerprint density at radius 3 is 1.48 bits per heavy atom. The van der Waals surface area contributed by atoms with Crippen molar-refractivity contribution in [3.05, 3.63) is 24.3 Å². The van der Waals surface area contributed by atoms with Gasteiger partial charge in [-0.1, -0.05) is 179 Å². The van der Waals surface area contributed by atoms with Gasteiger partial charge in [-0.2, -0.15) is 8.42 Å². The van der Waals surface area contributed by atoms with Crippen molar-refractivity contribution >= 4 is 22.1 Å². The van der Waals surface area contributed by atoms with Gasteiger partial charge in [-0.25, -0.2) is 0 Å². The fraction of sp³-hybridized carbons (Fsp3) is 0.875. The van der Waals surface area contributed by atoms with Crippen LogP contribution in [0.3, 0.4) is 0 Å². The molecule has 0 spiro atoms. The highest BCUT2D eigenvalue weighted by molar-refractivity contribution is 7.85. The number of carbonyl (C=O) groups is 2. The smallest absolute Gasteiger partial charge is 0.306 e. The molecular weight excluding hydrogens is 801 g/mol. The van der Waals surface area contributed by atoms with Gasteiger partial charge in [0.1, 0.15) is 36.8 Å². The normalized spacial score (nSPS) is 20.1. The molecule has 61 heavy (non-hydrogen) atoms. The van der Waals surface area contributed by atoms with E-state index < -0.39 is 71.2 Å². The van der Waals surface area contributed by atoms with Gasteiger partial charge in [-0.15, -0.1) is 0 Å². The molecule has 0 saturated carbocycles. The van der Waals surface area contributed by atoms with Gasteiger partial charge in [-0.3, -0.25) is 14.1 Å². The van der Waals surface area contributed by atoms with Crippen LogP contribution in [0, 0.1) is 0 Å². The predicted octanol–water partition coefficient (Wildman–Crippen LogP) is 10.4. The van der Waals surface area contributed by atoms with Gasteiger partial charge >= 0.3 is 11.9 Å². The Hall–Kier alpha value is -1.87. The van der Waals surface area contributed by atoms with Gasteiger partial charge in [0, 0.05) is 12.8 Å². The van der Waals surface area contributed by atoms with E-state index in [2.05, 4.69) is 38.2 Å². The highest BCUT2D eigenvalue weighted by atomic mass is 32.2. The molecule has 12 nitrogen and oxygen atoms in total. The van der Waals surface area contributed by atoms with Crippen LogP contribution in [0.25, 0.3) is 0 Å². The minimum atomic E-state index is -4.60. The van der Waals surface area contributed by atoms with Gasteiger partial charge < -0.3 is 34.3 Å². The molecule has 1 saturated heterocycles. The van der Waals surface area contributed by atoms with E-state index in [4.69, 9.17) is 18.9 Å². The summed E-state index contributed by atoms with van der Waals surface area (Å²) in [6, 6.07) is 0. The summed E-state index contributed by atoms with van der Waals surface area (Å²) in [5.74, 6) is -2.01. The zero-order chi connectivity index (χ0) is 44.8. The summed E-state index contributed by atoms with van der Waals surface area (Å²) in [4.78, 5) is 25.4. The van der Waals surface area contributed by atoms with Crippen LogP contribution in [-0.2, 0) is 38.7 Å². The Labute approximate surface area is 370 Å². The van der Waals surface area contributed by atoms with Gasteiger partial charge in [0.2, 0.25) is 0 Å². The second-order valence-corrected chi connectivity index (χ2v) is 18.6. The standard InChI is InChI=1S/C48H88O12S/c1-3-5-7-9-11-13-15-17-19-20-21-23-25-27-29-31-33-35-37-44(50)59-41(39-58-48-47(53)46(52)45(51)42(60-48)40-61(54,55)56)38-57-43(49)36-34-32-30-28-26-24-22-18-16-14-12-10-8-6-4-2/h18,22,26,28,41-42,45-48,51-53H,3-17,19-21,23-25,27,29-40H2,1-2H3,(H,54,55,56)/b22-18+,28-26+/t41-,42-,45-,46?,47?,48+/m1/s1. The van der Waals surface area contributed by atoms with Crippen molar-refractivity contribution in [3.8, 4) is 0 Å². The number of carbonyl (C=O) groups excluding carboxylic acids is 2. The maximum absolute atomic E-state index is 12.8. The van der Waals surface area contributed by atoms with Crippen molar-refractivity contribution in [3.63, 3.8) is 0 Å². The summed E-state index contributed by atoms with van der Waals surface area (Å²) in [5.41, 5.74) is 0. The number of ether oxygens (including phenoxy) is 4. The Balaban J connectivity index is 2.42. The summed E-state index contributed by atoms with van der Waals surface area (Å²) in [7, 11) is -4.60. The summed E-state index contributed by atoms with van der Waals surface area (Å²) >= 11 is 0. The average molecular weight is 889 g/mol. The number of unbranched alkanes of at least 4 members (excludes halogenated alkanes) is 25. The second kappa shape index (κ2) is 38.6. The van der Waals surface area contributed by atoms with Crippen LogP contribution >= 0.6 is 0 Å². The summed E-state index contributed by atoms with van der Waals surface area (Å²) in [6.45, 7) is 3.75. The minimum Gasteiger partial charge on any atom is -0.462 e. The first-order valence-electron chi connectivity index (χ1n) is 24.4. The summed E-state index contributed by atoms with van der Waals surface area (Å²) in [6.07, 6.45) is 33.7. The average Bonchev–Trinajstić information content (AvgIpc) is 3.22. The van der Waals surface area contributed by atoms with Crippen LogP contribution in [0.4, 0.5) is 0 Å². The van der Waals surface area contributed by atoms with Crippen molar-refractivity contribution in [2.45, 2.75) is 250 Å². The molecule has 1 heterocycles. The van der Waals surface area contributed by atoms with E-state index in [1.54, 1.807) is 0 Å². The molecule has 13 heteroatoms. The summed E-state index contributed by atoms with van der Waals surface area (Å²) < 4.78 is 54.1. The number of rotatable bonds is 41. The van der Waals surface area contributed by atoms with Crippen LogP contribution in [0.15, 0.2) is 24.3 Å². The molecule has 0 bridgehead atoms. The lowest BCUT2D eigenvalue weighted by Crippen LogP contribution is -2.60. The van der Waals surface area contributed by atoms with Gasteiger partial charge in [0.15, 0.2) is 12.4 Å². The summed E-state index contributed by atoms with van der Waals surface area (Å²) in [5, 5.41) is 30.9. The molecule has 1 aliphatic heterocycles. The lowest BCUT2D eigenvalue weighted by Gasteiger charge is -2.40. The molecule has 1 aliphatic rings. The van der Waals surface area contributed by atoms with Crippen LogP contribution in [0.5, 0.6) is 0 Å². The van der Waals surface area contributed by atoms with Crippen molar-refractivity contribution in [2.24, 2.45) is 0 Å². The SMILES string of the molecule is CCCCCCCC/C=C/C/C=C/CCCCC(=O)OC[C@H](CO[C@H]1O[C@H](CS(=O)(=O)O)[C@@H](O)C(O)C1O)OC(=O)CCCCCCCCCCCCCCCCCCCC. The third-order valence-corrected chi connectivity index (χ3v) is 12.0. The number of aliphatic hydroxyl groups is 3. The minimum absolute atomic E-state index is 0.162. The van der Waals surface area contributed by atoms with Crippen molar-refractivity contribution in [1.29, 1.82) is 0 Å². The molecule has 0 aliphatic carbocycles. The van der Waals surface area contributed by atoms with Crippen LogP contribution in [-0.4, -0.2) is 96.0 Å². The third-order valence-electron chi connectivity index (χ3n) is 11.3. The monoisotopic (exact) mass is 889 g/mol. The molecule has 4 N–H and O–H groups in total. The molecule has 0 aromatic carbocycles. The molecule has 0 amide bonds. The van der Waals surface area contributed by atoms with E-state index in [1.807, 2.05) is 0 Å². The first-order chi connectivity index (χ1) is 29.5. The maximum Gasteiger partial charge on any atom is 0.306 e. The highest BCUT2D eigenvalue weighted by Gasteiger charge is 2.46. The van der Waals surface area contributed by atoms with Crippen molar-refractivity contribution in [2.75, 3.05) is 19.0 Å². The molecule has 0 aromatic rings. The molecule has 1 rings (SSSR count). The topological polar surface area (TPSA) is 186 Å². The zero-order valence-electron chi connectivity index (χ0n) is 38.3. The van der Waals surface area contributed by atoms with E-state index in [1.165, 1.54) is 128 Å². The van der Waals surface area contributed by atoms with Gasteiger partial charge in [-0.05, 0) is 44.9 Å². The first kappa shape index (κ1) is 57.1. The second-order valence-electron chi connectivity index (χ2n) is 17.1. The molecule has 2 unspecified atom stereocenters. The molecule has 0 radical (unpaired) electrons. The van der Waals surface area contributed by atoms with E-state index in [0.29, 0.717) is 12.8 Å². The van der Waals surface area contributed by atoms with Crippen LogP contribution in [0.1, 0.15) is 213 Å². The largest absolute Gasteiger partial charge is 0.462 e. The quantitative estimate of drug-likeness (QED) is 0.0197. The van der Waals surface area contributed by atoms with E-state index >= 15 is 0 Å². The Morgan fingerprint density at radius 1 is 0.557 bits per heavy atom. The number of hydrogen-bond acceptors (Lipinski definition) is 11. The lowest BCUT2D eigenvalue weighted by molar-refractivity contribution is -0.297. The Kier molecular flexibility index (Phi) is 36.1. The first-order valence-corrected chi connectivity index (χ1v) is 26.0. The third kappa shape index (κ3) is 33.3. The van der Waals surface area contributed by atoms with E-state index in [0.717, 1.165) is 44.9 Å². The molecule has 1 fully saturated rings. The molecule has 0 aromatic heterocycles. The van der Waals surface area contributed by atoms with E-state index in [-0.39, 0.29) is 19.4 Å². The van der Waals surface area contributed by atoms with Crippen LogP contribution in [0.2, 0.25) is 0 Å². The number of aliphatic hydroxyl groups excluding tert-OH is 3. The zero-order valence-corrected chi connectivity index (χ0v) is 39.1. The lowest BCUT2D eigenvalue weighted by atomic mass is 10.00. The van der Waals surface area contributed by atoms with Gasteiger partial charge in [0.25, 0.3) is 10.1 Å².